The first-order chi connectivity index (χ1) is 12.0. The molecule has 0 spiro atoms. The summed E-state index contributed by atoms with van der Waals surface area (Å²) in [6.07, 6.45) is 0. The van der Waals surface area contributed by atoms with E-state index in [2.05, 4.69) is 16.0 Å². The Morgan fingerprint density at radius 1 is 1.32 bits per heavy atom. The predicted molar refractivity (Wildman–Crippen MR) is 97.1 cm³/mol. The van der Waals surface area contributed by atoms with Crippen LogP contribution >= 0.6 is 11.8 Å². The van der Waals surface area contributed by atoms with Crippen LogP contribution in [0.5, 0.6) is 0 Å². The zero-order chi connectivity index (χ0) is 17.8. The number of carbonyl (C=O) groups excluding carboxylic acids is 2. The van der Waals surface area contributed by atoms with Crippen LogP contribution < -0.4 is 16.0 Å². The van der Waals surface area contributed by atoms with E-state index in [0.717, 1.165) is 16.3 Å². The Kier molecular flexibility index (Phi) is 5.23. The number of hydrogen-bond donors (Lipinski definition) is 3. The van der Waals surface area contributed by atoms with Crippen LogP contribution in [0.25, 0.3) is 0 Å². The molecule has 0 fully saturated rings. The number of nitrogens with one attached hydrogen (secondary N) is 3. The first-order valence-corrected chi connectivity index (χ1v) is 8.86. The topological polar surface area (TPSA) is 70.2 Å². The highest BCUT2D eigenvalue weighted by Crippen LogP contribution is 2.33. The molecule has 0 aromatic heterocycles. The first-order valence-electron chi connectivity index (χ1n) is 7.87. The van der Waals surface area contributed by atoms with Crippen molar-refractivity contribution in [1.29, 1.82) is 0 Å². The smallest absolute Gasteiger partial charge is 0.242 e. The van der Waals surface area contributed by atoms with Crippen LogP contribution in [0.15, 0.2) is 47.4 Å². The SMILES string of the molecule is CC(Nc1ccc2c(c1)NC(=O)CS2)C(=O)NCc1ccccc1F. The number of hydrogen-bond acceptors (Lipinski definition) is 4. The quantitative estimate of drug-likeness (QED) is 0.768. The Morgan fingerprint density at radius 2 is 2.12 bits per heavy atom. The lowest BCUT2D eigenvalue weighted by molar-refractivity contribution is -0.121. The van der Waals surface area contributed by atoms with Gasteiger partial charge in [0.15, 0.2) is 0 Å². The maximum atomic E-state index is 13.6. The summed E-state index contributed by atoms with van der Waals surface area (Å²) in [6.45, 7) is 1.86. The minimum absolute atomic E-state index is 0.0367. The molecule has 0 saturated heterocycles. The van der Waals surface area contributed by atoms with E-state index in [0.29, 0.717) is 11.3 Å². The average molecular weight is 359 g/mol. The third kappa shape index (κ3) is 4.30. The van der Waals surface area contributed by atoms with Gasteiger partial charge in [0.25, 0.3) is 0 Å². The first kappa shape index (κ1) is 17.3. The molecule has 5 nitrogen and oxygen atoms in total. The van der Waals surface area contributed by atoms with Crippen LogP contribution in [0.4, 0.5) is 15.8 Å². The van der Waals surface area contributed by atoms with E-state index in [1.54, 1.807) is 31.2 Å². The molecule has 0 saturated carbocycles. The van der Waals surface area contributed by atoms with Crippen molar-refractivity contribution < 1.29 is 14.0 Å². The summed E-state index contributed by atoms with van der Waals surface area (Å²) in [5, 5.41) is 8.62. The molecule has 3 N–H and O–H groups in total. The Hall–Kier alpha value is -2.54. The Morgan fingerprint density at radius 3 is 2.92 bits per heavy atom. The van der Waals surface area contributed by atoms with Crippen molar-refractivity contribution in [2.75, 3.05) is 16.4 Å². The van der Waals surface area contributed by atoms with E-state index in [9.17, 15) is 14.0 Å². The molecule has 1 aliphatic heterocycles. The van der Waals surface area contributed by atoms with Gasteiger partial charge in [-0.25, -0.2) is 4.39 Å². The second kappa shape index (κ2) is 7.57. The summed E-state index contributed by atoms with van der Waals surface area (Å²) in [4.78, 5) is 24.7. The van der Waals surface area contributed by atoms with Gasteiger partial charge in [-0.2, -0.15) is 0 Å². The fourth-order valence-corrected chi connectivity index (χ4v) is 3.25. The number of amides is 2. The molecular formula is C18H18FN3O2S. The van der Waals surface area contributed by atoms with E-state index in [1.165, 1.54) is 17.8 Å². The van der Waals surface area contributed by atoms with Gasteiger partial charge in [0, 0.05) is 22.7 Å². The highest BCUT2D eigenvalue weighted by atomic mass is 32.2. The van der Waals surface area contributed by atoms with Crippen LogP contribution in [0.3, 0.4) is 0 Å². The van der Waals surface area contributed by atoms with E-state index in [-0.39, 0.29) is 24.2 Å². The van der Waals surface area contributed by atoms with Gasteiger partial charge in [-0.3, -0.25) is 9.59 Å². The lowest BCUT2D eigenvalue weighted by Crippen LogP contribution is -2.37. The average Bonchev–Trinajstić information content (AvgIpc) is 2.60. The van der Waals surface area contributed by atoms with Gasteiger partial charge in [0.1, 0.15) is 11.9 Å². The van der Waals surface area contributed by atoms with Crippen LogP contribution in [-0.2, 0) is 16.1 Å². The fourth-order valence-electron chi connectivity index (χ4n) is 2.47. The molecule has 1 heterocycles. The molecule has 0 aliphatic carbocycles. The summed E-state index contributed by atoms with van der Waals surface area (Å²) < 4.78 is 13.6. The lowest BCUT2D eigenvalue weighted by Gasteiger charge is -2.19. The van der Waals surface area contributed by atoms with Crippen molar-refractivity contribution in [1.82, 2.24) is 5.32 Å². The molecular weight excluding hydrogens is 341 g/mol. The summed E-state index contributed by atoms with van der Waals surface area (Å²) in [7, 11) is 0. The highest BCUT2D eigenvalue weighted by Gasteiger charge is 2.17. The van der Waals surface area contributed by atoms with Gasteiger partial charge in [0.2, 0.25) is 11.8 Å². The molecule has 1 aliphatic rings. The Balaban J connectivity index is 1.59. The molecule has 1 unspecified atom stereocenters. The number of rotatable bonds is 5. The van der Waals surface area contributed by atoms with Gasteiger partial charge in [-0.05, 0) is 31.2 Å². The number of thioether (sulfide) groups is 1. The summed E-state index contributed by atoms with van der Waals surface area (Å²) >= 11 is 1.48. The Labute approximate surface area is 149 Å². The van der Waals surface area contributed by atoms with Gasteiger partial charge in [-0.1, -0.05) is 18.2 Å². The van der Waals surface area contributed by atoms with Crippen LogP contribution in [-0.4, -0.2) is 23.6 Å². The largest absolute Gasteiger partial charge is 0.374 e. The van der Waals surface area contributed by atoms with E-state index < -0.39 is 6.04 Å². The minimum atomic E-state index is -0.503. The molecule has 0 radical (unpaired) electrons. The molecule has 25 heavy (non-hydrogen) atoms. The number of fused-ring (bicyclic) bond motifs is 1. The highest BCUT2D eigenvalue weighted by molar-refractivity contribution is 8.00. The molecule has 2 aromatic carbocycles. The van der Waals surface area contributed by atoms with Gasteiger partial charge in [0.05, 0.1) is 11.4 Å². The van der Waals surface area contributed by atoms with E-state index in [4.69, 9.17) is 0 Å². The van der Waals surface area contributed by atoms with Crippen molar-refractivity contribution >= 4 is 35.0 Å². The lowest BCUT2D eigenvalue weighted by atomic mass is 10.2. The molecule has 1 atom stereocenters. The predicted octanol–water partition coefficient (Wildman–Crippen LogP) is 2.99. The standard InChI is InChI=1S/C18H18FN3O2S/c1-11(18(24)20-9-12-4-2-3-5-14(12)19)21-13-6-7-16-15(8-13)22-17(23)10-25-16/h2-8,11,21H,9-10H2,1H3,(H,20,24)(H,22,23). The normalized spacial score (nSPS) is 14.2. The summed E-state index contributed by atoms with van der Waals surface area (Å²) in [5.41, 5.74) is 1.91. The van der Waals surface area contributed by atoms with E-state index in [1.807, 2.05) is 12.1 Å². The summed E-state index contributed by atoms with van der Waals surface area (Å²) in [5.74, 6) is -0.203. The molecule has 2 amide bonds. The second-order valence-electron chi connectivity index (χ2n) is 5.72. The van der Waals surface area contributed by atoms with Crippen molar-refractivity contribution in [3.63, 3.8) is 0 Å². The number of carbonyl (C=O) groups is 2. The second-order valence-corrected chi connectivity index (χ2v) is 6.74. The van der Waals surface area contributed by atoms with Crippen LogP contribution in [0, 0.1) is 5.82 Å². The molecule has 130 valence electrons. The third-order valence-electron chi connectivity index (χ3n) is 3.80. The van der Waals surface area contributed by atoms with Gasteiger partial charge >= 0.3 is 0 Å². The maximum Gasteiger partial charge on any atom is 0.242 e. The zero-order valence-corrected chi connectivity index (χ0v) is 14.5. The fraction of sp³-hybridized carbons (Fsp3) is 0.222. The molecule has 2 aromatic rings. The van der Waals surface area contributed by atoms with Gasteiger partial charge in [-0.15, -0.1) is 11.8 Å². The molecule has 3 rings (SSSR count). The van der Waals surface area contributed by atoms with Crippen molar-refractivity contribution in [3.05, 3.63) is 53.8 Å². The minimum Gasteiger partial charge on any atom is -0.374 e. The van der Waals surface area contributed by atoms with Gasteiger partial charge < -0.3 is 16.0 Å². The Bertz CT molecular complexity index is 813. The number of benzene rings is 2. The zero-order valence-electron chi connectivity index (χ0n) is 13.6. The van der Waals surface area contributed by atoms with Crippen molar-refractivity contribution in [3.8, 4) is 0 Å². The van der Waals surface area contributed by atoms with Crippen LogP contribution in [0.1, 0.15) is 12.5 Å². The monoisotopic (exact) mass is 359 g/mol. The maximum absolute atomic E-state index is 13.6. The molecule has 0 bridgehead atoms. The van der Waals surface area contributed by atoms with E-state index >= 15 is 0 Å². The number of halogens is 1. The van der Waals surface area contributed by atoms with Crippen molar-refractivity contribution in [2.45, 2.75) is 24.4 Å². The van der Waals surface area contributed by atoms with Crippen molar-refractivity contribution in [2.24, 2.45) is 0 Å². The summed E-state index contributed by atoms with van der Waals surface area (Å²) in [6, 6.07) is 11.4. The molecule has 7 heteroatoms. The third-order valence-corrected chi connectivity index (χ3v) is 4.87. The van der Waals surface area contributed by atoms with Crippen LogP contribution in [0.2, 0.25) is 0 Å². The number of anilines is 2.